The van der Waals surface area contributed by atoms with Gasteiger partial charge in [0.2, 0.25) is 11.1 Å². The predicted octanol–water partition coefficient (Wildman–Crippen LogP) is 4.82. The summed E-state index contributed by atoms with van der Waals surface area (Å²) in [6, 6.07) is 9.33. The normalized spacial score (nSPS) is 12.1. The number of carbonyl (C=O) groups is 1. The molecule has 2 aromatic heterocycles. The van der Waals surface area contributed by atoms with Crippen molar-refractivity contribution in [3.05, 3.63) is 51.3 Å². The number of nitrogens with one attached hydrogen (secondary N) is 1. The molecule has 0 saturated carbocycles. The average Bonchev–Trinajstić information content (AvgIpc) is 3.33. The SMILES string of the molecule is CCC[C@H](CNC(=O)CSc1nnc(-c2cccs2)n1N)c1ccc(Cl)cc1Cl. The van der Waals surface area contributed by atoms with E-state index in [4.69, 9.17) is 29.0 Å². The van der Waals surface area contributed by atoms with Gasteiger partial charge in [-0.05, 0) is 35.6 Å². The highest BCUT2D eigenvalue weighted by Gasteiger charge is 2.17. The molecule has 154 valence electrons. The van der Waals surface area contributed by atoms with E-state index in [2.05, 4.69) is 22.4 Å². The van der Waals surface area contributed by atoms with Crippen LogP contribution in [0.3, 0.4) is 0 Å². The third-order valence-electron chi connectivity index (χ3n) is 4.32. The van der Waals surface area contributed by atoms with Crippen molar-refractivity contribution in [2.24, 2.45) is 0 Å². The van der Waals surface area contributed by atoms with Gasteiger partial charge in [-0.3, -0.25) is 4.79 Å². The van der Waals surface area contributed by atoms with Gasteiger partial charge >= 0.3 is 0 Å². The third-order valence-corrected chi connectivity index (χ3v) is 6.69. The Morgan fingerprint density at radius 1 is 1.34 bits per heavy atom. The van der Waals surface area contributed by atoms with E-state index in [0.29, 0.717) is 27.6 Å². The lowest BCUT2D eigenvalue weighted by atomic mass is 9.94. The first-order chi connectivity index (χ1) is 14.0. The van der Waals surface area contributed by atoms with Crippen LogP contribution in [0.25, 0.3) is 10.7 Å². The van der Waals surface area contributed by atoms with Gasteiger partial charge in [0.15, 0.2) is 5.82 Å². The van der Waals surface area contributed by atoms with Crippen LogP contribution in [0.4, 0.5) is 0 Å². The summed E-state index contributed by atoms with van der Waals surface area (Å²) < 4.78 is 1.41. The highest BCUT2D eigenvalue weighted by molar-refractivity contribution is 7.99. The van der Waals surface area contributed by atoms with Gasteiger partial charge in [-0.1, -0.05) is 60.4 Å². The Labute approximate surface area is 187 Å². The summed E-state index contributed by atoms with van der Waals surface area (Å²) in [5.74, 6) is 6.89. The molecule has 0 aliphatic carbocycles. The molecular formula is C19H21Cl2N5OS2. The largest absolute Gasteiger partial charge is 0.355 e. The first-order valence-electron chi connectivity index (χ1n) is 9.08. The van der Waals surface area contributed by atoms with Gasteiger partial charge < -0.3 is 11.2 Å². The maximum atomic E-state index is 12.4. The molecule has 0 aliphatic rings. The van der Waals surface area contributed by atoms with Crippen LogP contribution in [0.1, 0.15) is 31.2 Å². The molecule has 0 fully saturated rings. The molecule has 0 saturated heterocycles. The Morgan fingerprint density at radius 3 is 2.86 bits per heavy atom. The van der Waals surface area contributed by atoms with Crippen molar-refractivity contribution in [1.82, 2.24) is 20.2 Å². The van der Waals surface area contributed by atoms with Gasteiger partial charge in [0.05, 0.1) is 10.6 Å². The summed E-state index contributed by atoms with van der Waals surface area (Å²) in [4.78, 5) is 13.3. The summed E-state index contributed by atoms with van der Waals surface area (Å²) in [6.45, 7) is 2.61. The number of carbonyl (C=O) groups excluding carboxylic acids is 1. The van der Waals surface area contributed by atoms with Crippen LogP contribution >= 0.6 is 46.3 Å². The van der Waals surface area contributed by atoms with Gasteiger partial charge in [-0.15, -0.1) is 21.5 Å². The summed E-state index contributed by atoms with van der Waals surface area (Å²) >= 11 is 15.1. The zero-order valence-electron chi connectivity index (χ0n) is 15.8. The lowest BCUT2D eigenvalue weighted by Crippen LogP contribution is -2.30. The second kappa shape index (κ2) is 10.3. The number of hydrogen-bond donors (Lipinski definition) is 2. The minimum atomic E-state index is -0.0955. The van der Waals surface area contributed by atoms with Gasteiger partial charge in [-0.25, -0.2) is 4.68 Å². The number of hydrogen-bond acceptors (Lipinski definition) is 6. The predicted molar refractivity (Wildman–Crippen MR) is 121 cm³/mol. The van der Waals surface area contributed by atoms with Gasteiger partial charge in [0.25, 0.3) is 0 Å². The Kier molecular flexibility index (Phi) is 7.83. The molecular weight excluding hydrogens is 449 g/mol. The summed E-state index contributed by atoms with van der Waals surface area (Å²) in [6.07, 6.45) is 1.89. The van der Waals surface area contributed by atoms with Crippen LogP contribution < -0.4 is 11.2 Å². The molecule has 29 heavy (non-hydrogen) atoms. The number of thiophene rings is 1. The van der Waals surface area contributed by atoms with Crippen LogP contribution in [0.15, 0.2) is 40.9 Å². The molecule has 1 atom stereocenters. The lowest BCUT2D eigenvalue weighted by molar-refractivity contribution is -0.118. The number of rotatable bonds is 9. The molecule has 0 aliphatic heterocycles. The fraction of sp³-hybridized carbons (Fsp3) is 0.316. The molecule has 3 N–H and O–H groups in total. The van der Waals surface area contributed by atoms with Crippen molar-refractivity contribution in [3.8, 4) is 10.7 Å². The number of benzene rings is 1. The maximum absolute atomic E-state index is 12.4. The minimum Gasteiger partial charge on any atom is -0.355 e. The topological polar surface area (TPSA) is 85.8 Å². The number of nitrogens with two attached hydrogens (primary N) is 1. The van der Waals surface area contributed by atoms with Crippen LogP contribution in [-0.4, -0.2) is 33.1 Å². The smallest absolute Gasteiger partial charge is 0.230 e. The quantitative estimate of drug-likeness (QED) is 0.346. The minimum absolute atomic E-state index is 0.0955. The highest BCUT2D eigenvalue weighted by Crippen LogP contribution is 2.30. The molecule has 0 radical (unpaired) electrons. The first-order valence-corrected chi connectivity index (χ1v) is 11.7. The second-order valence-electron chi connectivity index (χ2n) is 6.40. The summed E-state index contributed by atoms with van der Waals surface area (Å²) in [7, 11) is 0. The van der Waals surface area contributed by atoms with E-state index in [-0.39, 0.29) is 17.6 Å². The van der Waals surface area contributed by atoms with Crippen molar-refractivity contribution >= 4 is 52.2 Å². The number of aromatic nitrogens is 3. The highest BCUT2D eigenvalue weighted by atomic mass is 35.5. The summed E-state index contributed by atoms with van der Waals surface area (Å²) in [5, 5.41) is 14.8. The van der Waals surface area contributed by atoms with Crippen LogP contribution in [0, 0.1) is 0 Å². The fourth-order valence-electron chi connectivity index (χ4n) is 2.92. The molecule has 1 amide bonds. The van der Waals surface area contributed by atoms with E-state index in [1.807, 2.05) is 29.6 Å². The number of nitrogen functional groups attached to an aromatic ring is 1. The average molecular weight is 470 g/mol. The van der Waals surface area contributed by atoms with E-state index >= 15 is 0 Å². The van der Waals surface area contributed by atoms with Crippen molar-refractivity contribution in [2.75, 3.05) is 18.1 Å². The Hall–Kier alpha value is -1.74. The lowest BCUT2D eigenvalue weighted by Gasteiger charge is -2.19. The zero-order valence-corrected chi connectivity index (χ0v) is 18.9. The molecule has 3 aromatic rings. The number of amides is 1. The second-order valence-corrected chi connectivity index (χ2v) is 9.13. The fourth-order valence-corrected chi connectivity index (χ4v) is 4.87. The van der Waals surface area contributed by atoms with E-state index in [9.17, 15) is 4.79 Å². The van der Waals surface area contributed by atoms with Crippen LogP contribution in [-0.2, 0) is 4.79 Å². The Morgan fingerprint density at radius 2 is 2.17 bits per heavy atom. The standard InChI is InChI=1S/C19H21Cl2N5OS2/c1-2-4-12(14-7-6-13(20)9-15(14)21)10-23-17(27)11-29-19-25-24-18(26(19)22)16-5-3-8-28-16/h3,5-9,12H,2,4,10-11,22H2,1H3,(H,23,27)/t12-/m1/s1. The van der Waals surface area contributed by atoms with Crippen molar-refractivity contribution in [2.45, 2.75) is 30.8 Å². The van der Waals surface area contributed by atoms with Gasteiger partial charge in [0, 0.05) is 22.5 Å². The number of thioether (sulfide) groups is 1. The summed E-state index contributed by atoms with van der Waals surface area (Å²) in [5.41, 5.74) is 0.994. The maximum Gasteiger partial charge on any atom is 0.230 e. The number of nitrogens with zero attached hydrogens (tertiary/aromatic N) is 3. The molecule has 0 spiro atoms. The third kappa shape index (κ3) is 5.66. The Bertz CT molecular complexity index is 962. The molecule has 3 rings (SSSR count). The molecule has 10 heteroatoms. The molecule has 1 aromatic carbocycles. The molecule has 6 nitrogen and oxygen atoms in total. The van der Waals surface area contributed by atoms with Crippen LogP contribution in [0.5, 0.6) is 0 Å². The van der Waals surface area contributed by atoms with Crippen LogP contribution in [0.2, 0.25) is 10.0 Å². The first kappa shape index (κ1) is 22.0. The van der Waals surface area contributed by atoms with E-state index in [1.54, 1.807) is 6.07 Å². The number of halogens is 2. The molecule has 0 bridgehead atoms. The Balaban J connectivity index is 1.56. The van der Waals surface area contributed by atoms with E-state index < -0.39 is 0 Å². The van der Waals surface area contributed by atoms with Gasteiger partial charge in [-0.2, -0.15) is 0 Å². The molecule has 0 unspecified atom stereocenters. The van der Waals surface area contributed by atoms with E-state index in [0.717, 1.165) is 23.3 Å². The van der Waals surface area contributed by atoms with Crippen molar-refractivity contribution in [1.29, 1.82) is 0 Å². The monoisotopic (exact) mass is 469 g/mol. The zero-order chi connectivity index (χ0) is 20.8. The van der Waals surface area contributed by atoms with Crippen molar-refractivity contribution < 1.29 is 4.79 Å². The van der Waals surface area contributed by atoms with Gasteiger partial charge in [0.1, 0.15) is 0 Å². The van der Waals surface area contributed by atoms with Crippen molar-refractivity contribution in [3.63, 3.8) is 0 Å². The van der Waals surface area contributed by atoms with E-state index in [1.165, 1.54) is 27.8 Å². The molecule has 2 heterocycles.